The van der Waals surface area contributed by atoms with Gasteiger partial charge in [-0.2, -0.15) is 0 Å². The van der Waals surface area contributed by atoms with E-state index >= 15 is 0 Å². The number of nitrogens with zero attached hydrogens (tertiary/aromatic N) is 7. The third kappa shape index (κ3) is 4.10. The van der Waals surface area contributed by atoms with E-state index in [0.29, 0.717) is 12.5 Å². The number of aromatic nitrogens is 4. The minimum absolute atomic E-state index is 0.235. The molecule has 0 spiro atoms. The molecule has 8 heteroatoms. The fraction of sp³-hybridized carbons (Fsp3) is 0.579. The van der Waals surface area contributed by atoms with Gasteiger partial charge in [-0.05, 0) is 18.9 Å². The molecule has 1 amide bonds. The number of hydrogen-bond donors (Lipinski definition) is 0. The van der Waals surface area contributed by atoms with Crippen LogP contribution in [0.25, 0.3) is 0 Å². The number of likely N-dealkylation sites (tertiary alicyclic amines) is 1. The summed E-state index contributed by atoms with van der Waals surface area (Å²) in [4.78, 5) is 32.4. The third-order valence-electron chi connectivity index (χ3n) is 5.56. The number of anilines is 1. The fourth-order valence-electron chi connectivity index (χ4n) is 4.04. The Hall–Kier alpha value is -2.48. The summed E-state index contributed by atoms with van der Waals surface area (Å²) in [6, 6.07) is 1.83. The summed E-state index contributed by atoms with van der Waals surface area (Å²) in [7, 11) is 2.03. The Bertz CT molecular complexity index is 754. The van der Waals surface area contributed by atoms with Crippen LogP contribution < -0.4 is 4.90 Å². The van der Waals surface area contributed by atoms with E-state index in [0.717, 1.165) is 63.9 Å². The van der Waals surface area contributed by atoms with Crippen molar-refractivity contribution in [1.29, 1.82) is 0 Å². The lowest BCUT2D eigenvalue weighted by Crippen LogP contribution is -2.51. The molecule has 0 saturated carbocycles. The van der Waals surface area contributed by atoms with Crippen LogP contribution in [0, 0.1) is 0 Å². The highest BCUT2D eigenvalue weighted by atomic mass is 16.2. The van der Waals surface area contributed by atoms with E-state index in [-0.39, 0.29) is 5.91 Å². The van der Waals surface area contributed by atoms with Crippen LogP contribution in [-0.2, 0) is 11.8 Å². The predicted octanol–water partition coefficient (Wildman–Crippen LogP) is 0.738. The summed E-state index contributed by atoms with van der Waals surface area (Å²) < 4.78 is 2.07. The minimum atomic E-state index is 0.235. The summed E-state index contributed by atoms with van der Waals surface area (Å²) in [5, 5.41) is 0. The topological polar surface area (TPSA) is 70.4 Å². The van der Waals surface area contributed by atoms with Crippen molar-refractivity contribution < 1.29 is 4.79 Å². The highest BCUT2D eigenvalue weighted by Crippen LogP contribution is 2.25. The molecule has 4 rings (SSSR count). The molecule has 27 heavy (non-hydrogen) atoms. The van der Waals surface area contributed by atoms with Gasteiger partial charge < -0.3 is 14.4 Å². The Labute approximate surface area is 159 Å². The molecule has 0 unspecified atom stereocenters. The van der Waals surface area contributed by atoms with Gasteiger partial charge in [-0.3, -0.25) is 9.69 Å². The van der Waals surface area contributed by atoms with Gasteiger partial charge in [0.2, 0.25) is 11.9 Å². The normalized spacial score (nSPS) is 21.4. The zero-order valence-corrected chi connectivity index (χ0v) is 15.9. The molecule has 2 fully saturated rings. The van der Waals surface area contributed by atoms with E-state index in [1.165, 1.54) is 0 Å². The number of imidazole rings is 1. The van der Waals surface area contributed by atoms with Crippen molar-refractivity contribution in [2.75, 3.05) is 50.7 Å². The SMILES string of the molecule is Cn1ccnc1[C@H]1CCCN(C(=O)CN2CCN(c3ncccn3)CC2)C1. The van der Waals surface area contributed by atoms with Crippen LogP contribution in [-0.4, -0.2) is 81.0 Å². The molecule has 0 N–H and O–H groups in total. The third-order valence-corrected chi connectivity index (χ3v) is 5.56. The Morgan fingerprint density at radius 2 is 1.85 bits per heavy atom. The summed E-state index contributed by atoms with van der Waals surface area (Å²) in [6.45, 7) is 5.57. The second-order valence-corrected chi connectivity index (χ2v) is 7.39. The van der Waals surface area contributed by atoms with Gasteiger partial charge in [0.05, 0.1) is 6.54 Å². The maximum absolute atomic E-state index is 12.8. The molecule has 2 saturated heterocycles. The zero-order valence-electron chi connectivity index (χ0n) is 15.9. The average Bonchev–Trinajstić information content (AvgIpc) is 3.15. The minimum Gasteiger partial charge on any atom is -0.341 e. The maximum Gasteiger partial charge on any atom is 0.236 e. The van der Waals surface area contributed by atoms with Crippen molar-refractivity contribution >= 4 is 11.9 Å². The summed E-state index contributed by atoms with van der Waals surface area (Å²) in [5.74, 6) is 2.44. The molecule has 0 aromatic carbocycles. The zero-order chi connectivity index (χ0) is 18.6. The van der Waals surface area contributed by atoms with Crippen molar-refractivity contribution in [3.8, 4) is 0 Å². The lowest BCUT2D eigenvalue weighted by atomic mass is 9.97. The molecule has 8 nitrogen and oxygen atoms in total. The number of carbonyl (C=O) groups excluding carboxylic acids is 1. The lowest BCUT2D eigenvalue weighted by Gasteiger charge is -2.37. The molecule has 2 aromatic rings. The first-order valence-electron chi connectivity index (χ1n) is 9.70. The highest BCUT2D eigenvalue weighted by Gasteiger charge is 2.28. The first kappa shape index (κ1) is 17.9. The predicted molar refractivity (Wildman–Crippen MR) is 102 cm³/mol. The van der Waals surface area contributed by atoms with E-state index in [9.17, 15) is 4.79 Å². The van der Waals surface area contributed by atoms with Gasteiger partial charge in [-0.1, -0.05) is 0 Å². The van der Waals surface area contributed by atoms with Gasteiger partial charge in [0.15, 0.2) is 0 Å². The molecule has 0 bridgehead atoms. The highest BCUT2D eigenvalue weighted by molar-refractivity contribution is 5.78. The Morgan fingerprint density at radius 1 is 1.07 bits per heavy atom. The van der Waals surface area contributed by atoms with Crippen LogP contribution in [0.1, 0.15) is 24.6 Å². The summed E-state index contributed by atoms with van der Waals surface area (Å²) in [6.07, 6.45) is 9.50. The van der Waals surface area contributed by atoms with Crippen LogP contribution in [0.15, 0.2) is 30.9 Å². The van der Waals surface area contributed by atoms with E-state index in [1.807, 2.05) is 30.4 Å². The Morgan fingerprint density at radius 3 is 2.56 bits per heavy atom. The molecule has 1 atom stereocenters. The smallest absolute Gasteiger partial charge is 0.236 e. The van der Waals surface area contributed by atoms with Crippen LogP contribution in [0.3, 0.4) is 0 Å². The van der Waals surface area contributed by atoms with Gasteiger partial charge in [-0.15, -0.1) is 0 Å². The quantitative estimate of drug-likeness (QED) is 0.792. The van der Waals surface area contributed by atoms with Gasteiger partial charge in [0.1, 0.15) is 5.82 Å². The Kier molecular flexibility index (Phi) is 5.33. The van der Waals surface area contributed by atoms with E-state index in [4.69, 9.17) is 0 Å². The molecule has 2 aliphatic rings. The van der Waals surface area contributed by atoms with Crippen molar-refractivity contribution in [3.63, 3.8) is 0 Å². The summed E-state index contributed by atoms with van der Waals surface area (Å²) in [5.41, 5.74) is 0. The first-order valence-corrected chi connectivity index (χ1v) is 9.70. The van der Waals surface area contributed by atoms with Crippen molar-refractivity contribution in [1.82, 2.24) is 29.3 Å². The van der Waals surface area contributed by atoms with Crippen LogP contribution in [0.2, 0.25) is 0 Å². The number of piperazine rings is 1. The number of hydrogen-bond acceptors (Lipinski definition) is 6. The van der Waals surface area contributed by atoms with Crippen molar-refractivity contribution in [2.45, 2.75) is 18.8 Å². The largest absolute Gasteiger partial charge is 0.341 e. The number of carbonyl (C=O) groups is 1. The van der Waals surface area contributed by atoms with Crippen LogP contribution in [0.4, 0.5) is 5.95 Å². The monoisotopic (exact) mass is 369 g/mol. The van der Waals surface area contributed by atoms with E-state index in [2.05, 4.69) is 29.3 Å². The molecular formula is C19H27N7O. The van der Waals surface area contributed by atoms with Gasteiger partial charge >= 0.3 is 0 Å². The average molecular weight is 369 g/mol. The van der Waals surface area contributed by atoms with Gasteiger partial charge in [-0.25, -0.2) is 15.0 Å². The van der Waals surface area contributed by atoms with Crippen LogP contribution >= 0.6 is 0 Å². The number of amides is 1. The number of rotatable bonds is 4. The maximum atomic E-state index is 12.8. The summed E-state index contributed by atoms with van der Waals surface area (Å²) >= 11 is 0. The van der Waals surface area contributed by atoms with Crippen molar-refractivity contribution in [2.24, 2.45) is 7.05 Å². The molecule has 0 radical (unpaired) electrons. The van der Waals surface area contributed by atoms with Gasteiger partial charge in [0, 0.05) is 77.0 Å². The lowest BCUT2D eigenvalue weighted by molar-refractivity contribution is -0.133. The van der Waals surface area contributed by atoms with E-state index < -0.39 is 0 Å². The van der Waals surface area contributed by atoms with Crippen LogP contribution in [0.5, 0.6) is 0 Å². The second-order valence-electron chi connectivity index (χ2n) is 7.39. The standard InChI is InChI=1S/C19H27N7O/c1-23-9-7-20-18(23)16-4-2-8-26(14-16)17(27)15-24-10-12-25(13-11-24)19-21-5-3-6-22-19/h3,5-7,9,16H,2,4,8,10-15H2,1H3/t16-/m0/s1. The van der Waals surface area contributed by atoms with E-state index in [1.54, 1.807) is 12.4 Å². The Balaban J connectivity index is 1.29. The molecular weight excluding hydrogens is 342 g/mol. The first-order chi connectivity index (χ1) is 13.2. The molecule has 0 aliphatic carbocycles. The molecule has 4 heterocycles. The fourth-order valence-corrected chi connectivity index (χ4v) is 4.04. The molecule has 2 aromatic heterocycles. The molecule has 144 valence electrons. The molecule has 2 aliphatic heterocycles. The second kappa shape index (κ2) is 8.04. The van der Waals surface area contributed by atoms with Gasteiger partial charge in [0.25, 0.3) is 0 Å². The van der Waals surface area contributed by atoms with Crippen molar-refractivity contribution in [3.05, 3.63) is 36.7 Å². The number of aryl methyl sites for hydroxylation is 1. The number of piperidine rings is 1.